The molecule has 2 rings (SSSR count). The second-order valence-corrected chi connectivity index (χ2v) is 5.82. The lowest BCUT2D eigenvalue weighted by molar-refractivity contribution is -0.136. The highest BCUT2D eigenvalue weighted by Gasteiger charge is 2.28. The molecule has 20 heavy (non-hydrogen) atoms. The molecule has 2 atom stereocenters. The summed E-state index contributed by atoms with van der Waals surface area (Å²) in [6.45, 7) is 6.57. The van der Waals surface area contributed by atoms with E-state index in [1.54, 1.807) is 0 Å². The van der Waals surface area contributed by atoms with Gasteiger partial charge in [-0.25, -0.2) is 0 Å². The van der Waals surface area contributed by atoms with Gasteiger partial charge in [-0.05, 0) is 25.8 Å². The van der Waals surface area contributed by atoms with Crippen LogP contribution in [0.2, 0.25) is 0 Å². The number of piperidine rings is 1. The molecule has 0 bridgehead atoms. The van der Waals surface area contributed by atoms with E-state index in [1.165, 1.54) is 12.8 Å². The molecule has 5 nitrogen and oxygen atoms in total. The second-order valence-electron chi connectivity index (χ2n) is 5.82. The molecule has 0 spiro atoms. The lowest BCUT2D eigenvalue weighted by atomic mass is 9.95. The zero-order valence-electron chi connectivity index (χ0n) is 12.6. The second kappa shape index (κ2) is 7.96. The third-order valence-electron chi connectivity index (χ3n) is 4.50. The molecule has 0 saturated carbocycles. The Bertz CT molecular complexity index is 305. The van der Waals surface area contributed by atoms with Crippen molar-refractivity contribution in [1.82, 2.24) is 9.80 Å². The zero-order valence-corrected chi connectivity index (χ0v) is 12.6. The molecule has 2 unspecified atom stereocenters. The van der Waals surface area contributed by atoms with Gasteiger partial charge in [0.05, 0.1) is 19.3 Å². The van der Waals surface area contributed by atoms with Crippen LogP contribution in [0.25, 0.3) is 0 Å². The zero-order chi connectivity index (χ0) is 14.4. The number of nitrogens with zero attached hydrogens (tertiary/aromatic N) is 2. The van der Waals surface area contributed by atoms with E-state index in [0.717, 1.165) is 39.0 Å². The Kier molecular flexibility index (Phi) is 6.26. The van der Waals surface area contributed by atoms with Gasteiger partial charge in [-0.1, -0.05) is 13.3 Å². The predicted molar refractivity (Wildman–Crippen MR) is 77.5 cm³/mol. The first-order valence-electron chi connectivity index (χ1n) is 8.00. The third kappa shape index (κ3) is 4.17. The number of hydrogen-bond donors (Lipinski definition) is 1. The maximum absolute atomic E-state index is 12.2. The van der Waals surface area contributed by atoms with Crippen LogP contribution in [-0.4, -0.2) is 72.4 Å². The summed E-state index contributed by atoms with van der Waals surface area (Å²) in [5, 5.41) is 10.1. The first kappa shape index (κ1) is 15.7. The van der Waals surface area contributed by atoms with Crippen molar-refractivity contribution in [3.63, 3.8) is 0 Å². The van der Waals surface area contributed by atoms with Crippen molar-refractivity contribution in [2.75, 3.05) is 39.4 Å². The highest BCUT2D eigenvalue weighted by molar-refractivity contribution is 5.76. The van der Waals surface area contributed by atoms with Crippen LogP contribution in [0.3, 0.4) is 0 Å². The quantitative estimate of drug-likeness (QED) is 0.813. The molecule has 0 aliphatic carbocycles. The summed E-state index contributed by atoms with van der Waals surface area (Å²) in [5.41, 5.74) is 0. The fraction of sp³-hybridized carbons (Fsp3) is 0.933. The van der Waals surface area contributed by atoms with E-state index in [-0.39, 0.29) is 18.1 Å². The van der Waals surface area contributed by atoms with Gasteiger partial charge in [0.2, 0.25) is 5.91 Å². The van der Waals surface area contributed by atoms with E-state index in [1.807, 2.05) is 11.8 Å². The molecular formula is C15H28N2O3. The monoisotopic (exact) mass is 284 g/mol. The third-order valence-corrected chi connectivity index (χ3v) is 4.50. The first-order valence-corrected chi connectivity index (χ1v) is 8.00. The summed E-state index contributed by atoms with van der Waals surface area (Å²) in [7, 11) is 0. The normalized spacial score (nSPS) is 26.5. The molecular weight excluding hydrogens is 256 g/mol. The predicted octanol–water partition coefficient (Wildman–Crippen LogP) is 0.861. The summed E-state index contributed by atoms with van der Waals surface area (Å²) >= 11 is 0. The van der Waals surface area contributed by atoms with Gasteiger partial charge < -0.3 is 14.7 Å². The molecule has 1 N–H and O–H groups in total. The van der Waals surface area contributed by atoms with E-state index in [0.29, 0.717) is 19.6 Å². The average Bonchev–Trinajstić information content (AvgIpc) is 2.53. The Morgan fingerprint density at radius 3 is 2.75 bits per heavy atom. The van der Waals surface area contributed by atoms with Crippen LogP contribution in [0.5, 0.6) is 0 Å². The minimum absolute atomic E-state index is 0.226. The largest absolute Gasteiger partial charge is 0.392 e. The van der Waals surface area contributed by atoms with Crippen LogP contribution >= 0.6 is 0 Å². The highest BCUT2D eigenvalue weighted by Crippen LogP contribution is 2.21. The smallest absolute Gasteiger partial charge is 0.224 e. The van der Waals surface area contributed by atoms with Crippen molar-refractivity contribution in [2.45, 2.75) is 51.2 Å². The maximum atomic E-state index is 12.2. The van der Waals surface area contributed by atoms with E-state index in [4.69, 9.17) is 4.74 Å². The first-order chi connectivity index (χ1) is 9.72. The molecule has 2 saturated heterocycles. The van der Waals surface area contributed by atoms with Gasteiger partial charge in [-0.15, -0.1) is 0 Å². The number of amides is 1. The summed E-state index contributed by atoms with van der Waals surface area (Å²) in [6, 6.07) is 0.242. The Labute approximate surface area is 121 Å². The van der Waals surface area contributed by atoms with Crippen molar-refractivity contribution < 1.29 is 14.6 Å². The molecule has 5 heteroatoms. The lowest BCUT2D eigenvalue weighted by Gasteiger charge is -2.38. The Balaban J connectivity index is 1.79. The van der Waals surface area contributed by atoms with E-state index in [9.17, 15) is 9.90 Å². The average molecular weight is 284 g/mol. The van der Waals surface area contributed by atoms with Gasteiger partial charge in [0.25, 0.3) is 0 Å². The minimum atomic E-state index is -0.256. The van der Waals surface area contributed by atoms with Gasteiger partial charge in [0.15, 0.2) is 0 Å². The number of morpholine rings is 1. The van der Waals surface area contributed by atoms with Crippen LogP contribution in [0.15, 0.2) is 0 Å². The standard InChI is InChI=1S/C15H28N2O3/c1-2-14(18)13-5-3-4-7-16(13)8-6-15(19)17-9-11-20-12-10-17/h13-14,18H,2-12H2,1H3. The molecule has 116 valence electrons. The topological polar surface area (TPSA) is 53.0 Å². The Hall–Kier alpha value is -0.650. The van der Waals surface area contributed by atoms with Crippen molar-refractivity contribution in [3.05, 3.63) is 0 Å². The lowest BCUT2D eigenvalue weighted by Crippen LogP contribution is -2.48. The van der Waals surface area contributed by atoms with E-state index >= 15 is 0 Å². The fourth-order valence-corrected chi connectivity index (χ4v) is 3.21. The van der Waals surface area contributed by atoms with Gasteiger partial charge >= 0.3 is 0 Å². The number of aliphatic hydroxyl groups is 1. The molecule has 0 aromatic carbocycles. The van der Waals surface area contributed by atoms with Gasteiger partial charge in [0.1, 0.15) is 0 Å². The van der Waals surface area contributed by atoms with Gasteiger partial charge in [-0.2, -0.15) is 0 Å². The molecule has 2 aliphatic rings. The van der Waals surface area contributed by atoms with Crippen molar-refractivity contribution in [1.29, 1.82) is 0 Å². The molecule has 1 amide bonds. The summed E-state index contributed by atoms with van der Waals surface area (Å²) < 4.78 is 5.27. The van der Waals surface area contributed by atoms with Crippen LogP contribution in [0.1, 0.15) is 39.0 Å². The number of carbonyl (C=O) groups excluding carboxylic acids is 1. The summed E-state index contributed by atoms with van der Waals surface area (Å²) in [4.78, 5) is 16.4. The molecule has 2 aliphatic heterocycles. The number of ether oxygens (including phenoxy) is 1. The van der Waals surface area contributed by atoms with Crippen LogP contribution in [0.4, 0.5) is 0 Å². The Morgan fingerprint density at radius 2 is 2.05 bits per heavy atom. The molecule has 0 aromatic rings. The molecule has 0 aromatic heterocycles. The van der Waals surface area contributed by atoms with Crippen LogP contribution in [-0.2, 0) is 9.53 Å². The molecule has 2 fully saturated rings. The van der Waals surface area contributed by atoms with Gasteiger partial charge in [-0.3, -0.25) is 9.69 Å². The molecule has 0 radical (unpaired) electrons. The summed E-state index contributed by atoms with van der Waals surface area (Å²) in [5.74, 6) is 0.226. The van der Waals surface area contributed by atoms with Crippen molar-refractivity contribution >= 4 is 5.91 Å². The van der Waals surface area contributed by atoms with Crippen molar-refractivity contribution in [2.24, 2.45) is 0 Å². The van der Waals surface area contributed by atoms with Crippen LogP contribution in [0, 0.1) is 0 Å². The highest BCUT2D eigenvalue weighted by atomic mass is 16.5. The fourth-order valence-electron chi connectivity index (χ4n) is 3.21. The van der Waals surface area contributed by atoms with E-state index < -0.39 is 0 Å². The number of hydrogen-bond acceptors (Lipinski definition) is 4. The number of rotatable bonds is 5. The van der Waals surface area contributed by atoms with Crippen molar-refractivity contribution in [3.8, 4) is 0 Å². The minimum Gasteiger partial charge on any atom is -0.392 e. The number of likely N-dealkylation sites (tertiary alicyclic amines) is 1. The summed E-state index contributed by atoms with van der Waals surface area (Å²) in [6.07, 6.45) is 4.52. The molecule has 2 heterocycles. The maximum Gasteiger partial charge on any atom is 0.224 e. The Morgan fingerprint density at radius 1 is 1.30 bits per heavy atom. The SMILES string of the molecule is CCC(O)C1CCCCN1CCC(=O)N1CCOCC1. The van der Waals surface area contributed by atoms with Gasteiger partial charge in [0, 0.05) is 32.1 Å². The van der Waals surface area contributed by atoms with Crippen LogP contribution < -0.4 is 0 Å². The number of aliphatic hydroxyl groups excluding tert-OH is 1. The van der Waals surface area contributed by atoms with E-state index in [2.05, 4.69) is 4.90 Å². The number of carbonyl (C=O) groups is 1.